The zero-order valence-corrected chi connectivity index (χ0v) is 9.62. The molecule has 0 saturated carbocycles. The summed E-state index contributed by atoms with van der Waals surface area (Å²) in [6.07, 6.45) is 0. The first-order valence-corrected chi connectivity index (χ1v) is 5.50. The fraction of sp³-hybridized carbons (Fsp3) is 0.538. The van der Waals surface area contributed by atoms with Crippen molar-refractivity contribution < 1.29 is 9.47 Å². The summed E-state index contributed by atoms with van der Waals surface area (Å²) in [5, 5.41) is 0. The van der Waals surface area contributed by atoms with Gasteiger partial charge in [-0.1, -0.05) is 38.1 Å². The quantitative estimate of drug-likeness (QED) is 0.740. The topological polar surface area (TPSA) is 18.5 Å². The maximum Gasteiger partial charge on any atom is 0.192 e. The number of ether oxygens (including phenoxy) is 2. The maximum atomic E-state index is 5.64. The summed E-state index contributed by atoms with van der Waals surface area (Å²) < 4.78 is 11.3. The Morgan fingerprint density at radius 1 is 1.20 bits per heavy atom. The van der Waals surface area contributed by atoms with Crippen molar-refractivity contribution >= 4 is 0 Å². The van der Waals surface area contributed by atoms with E-state index in [2.05, 4.69) is 38.1 Å². The first kappa shape index (κ1) is 10.7. The third-order valence-electron chi connectivity index (χ3n) is 2.92. The largest absolute Gasteiger partial charge is 0.344 e. The molecule has 0 radical (unpaired) electrons. The Balaban J connectivity index is 2.31. The van der Waals surface area contributed by atoms with Gasteiger partial charge in [-0.2, -0.15) is 0 Å². The van der Waals surface area contributed by atoms with Crippen LogP contribution in [0.4, 0.5) is 0 Å². The predicted molar refractivity (Wildman–Crippen MR) is 59.8 cm³/mol. The van der Waals surface area contributed by atoms with Crippen LogP contribution in [0.2, 0.25) is 0 Å². The van der Waals surface area contributed by atoms with Gasteiger partial charge in [0, 0.05) is 5.56 Å². The first-order valence-electron chi connectivity index (χ1n) is 5.50. The molecule has 1 aromatic rings. The molecule has 15 heavy (non-hydrogen) atoms. The molecule has 82 valence electrons. The zero-order chi connectivity index (χ0) is 10.9. The van der Waals surface area contributed by atoms with Gasteiger partial charge in [0.25, 0.3) is 0 Å². The minimum absolute atomic E-state index is 0.537. The lowest BCUT2D eigenvalue weighted by molar-refractivity contribution is -0.149. The van der Waals surface area contributed by atoms with Gasteiger partial charge in [-0.25, -0.2) is 0 Å². The van der Waals surface area contributed by atoms with Crippen LogP contribution in [0, 0.1) is 0 Å². The lowest BCUT2D eigenvalue weighted by atomic mass is 9.98. The van der Waals surface area contributed by atoms with Gasteiger partial charge in [0.05, 0.1) is 13.2 Å². The molecule has 0 unspecified atom stereocenters. The van der Waals surface area contributed by atoms with Crippen LogP contribution in [-0.2, 0) is 15.3 Å². The van der Waals surface area contributed by atoms with E-state index in [1.807, 2.05) is 6.92 Å². The monoisotopic (exact) mass is 206 g/mol. The third kappa shape index (κ3) is 2.06. The maximum absolute atomic E-state index is 5.64. The van der Waals surface area contributed by atoms with E-state index in [1.165, 1.54) is 5.56 Å². The number of hydrogen-bond donors (Lipinski definition) is 0. The Kier molecular flexibility index (Phi) is 2.81. The van der Waals surface area contributed by atoms with Crippen molar-refractivity contribution in [1.29, 1.82) is 0 Å². The highest BCUT2D eigenvalue weighted by molar-refractivity contribution is 5.28. The summed E-state index contributed by atoms with van der Waals surface area (Å²) in [5.74, 6) is 0.000188. The summed E-state index contributed by atoms with van der Waals surface area (Å²) in [6, 6.07) is 8.46. The average Bonchev–Trinajstić information content (AvgIpc) is 2.67. The van der Waals surface area contributed by atoms with Crippen molar-refractivity contribution in [2.24, 2.45) is 0 Å². The van der Waals surface area contributed by atoms with Crippen LogP contribution in [0.3, 0.4) is 0 Å². The van der Waals surface area contributed by atoms with Crippen LogP contribution in [0.5, 0.6) is 0 Å². The highest BCUT2D eigenvalue weighted by Crippen LogP contribution is 2.32. The van der Waals surface area contributed by atoms with Crippen LogP contribution in [0.1, 0.15) is 37.8 Å². The second-order valence-electron chi connectivity index (χ2n) is 4.42. The molecule has 0 aromatic heterocycles. The third-order valence-corrected chi connectivity index (χ3v) is 2.92. The smallest absolute Gasteiger partial charge is 0.192 e. The van der Waals surface area contributed by atoms with E-state index in [0.29, 0.717) is 19.1 Å². The number of rotatable bonds is 2. The zero-order valence-electron chi connectivity index (χ0n) is 9.62. The minimum Gasteiger partial charge on any atom is -0.344 e. The molecular formula is C13H18O2. The van der Waals surface area contributed by atoms with E-state index in [9.17, 15) is 0 Å². The van der Waals surface area contributed by atoms with E-state index >= 15 is 0 Å². The average molecular weight is 206 g/mol. The fourth-order valence-electron chi connectivity index (χ4n) is 1.86. The van der Waals surface area contributed by atoms with Crippen molar-refractivity contribution in [3.05, 3.63) is 35.4 Å². The Bertz CT molecular complexity index is 338. The van der Waals surface area contributed by atoms with Crippen molar-refractivity contribution in [3.8, 4) is 0 Å². The van der Waals surface area contributed by atoms with E-state index in [1.54, 1.807) is 0 Å². The van der Waals surface area contributed by atoms with Crippen LogP contribution in [0.25, 0.3) is 0 Å². The SMILES string of the molecule is CC(C)c1cccc(C2(C)OCCO2)c1. The second kappa shape index (κ2) is 3.95. The predicted octanol–water partition coefficient (Wildman–Crippen LogP) is 3.03. The molecule has 0 spiro atoms. The second-order valence-corrected chi connectivity index (χ2v) is 4.42. The van der Waals surface area contributed by atoms with Crippen molar-refractivity contribution in [1.82, 2.24) is 0 Å². The van der Waals surface area contributed by atoms with Gasteiger partial charge in [-0.15, -0.1) is 0 Å². The Hall–Kier alpha value is -0.860. The number of hydrogen-bond acceptors (Lipinski definition) is 2. The van der Waals surface area contributed by atoms with Gasteiger partial charge >= 0.3 is 0 Å². The lowest BCUT2D eigenvalue weighted by Crippen LogP contribution is -2.22. The molecule has 2 heteroatoms. The molecule has 0 amide bonds. The van der Waals surface area contributed by atoms with Gasteiger partial charge in [0.1, 0.15) is 0 Å². The van der Waals surface area contributed by atoms with Crippen molar-refractivity contribution in [3.63, 3.8) is 0 Å². The normalized spacial score (nSPS) is 19.7. The lowest BCUT2D eigenvalue weighted by Gasteiger charge is -2.23. The Labute approximate surface area is 91.2 Å². The highest BCUT2D eigenvalue weighted by atomic mass is 16.7. The summed E-state index contributed by atoms with van der Waals surface area (Å²) in [6.45, 7) is 7.74. The van der Waals surface area contributed by atoms with Gasteiger partial charge in [0.15, 0.2) is 5.79 Å². The molecule has 0 bridgehead atoms. The summed E-state index contributed by atoms with van der Waals surface area (Å²) in [4.78, 5) is 0. The van der Waals surface area contributed by atoms with Crippen LogP contribution >= 0.6 is 0 Å². The van der Waals surface area contributed by atoms with Gasteiger partial charge in [0.2, 0.25) is 0 Å². The van der Waals surface area contributed by atoms with Gasteiger partial charge in [-0.3, -0.25) is 0 Å². The molecule has 2 nitrogen and oxygen atoms in total. The molecular weight excluding hydrogens is 188 g/mol. The Morgan fingerprint density at radius 3 is 2.47 bits per heavy atom. The van der Waals surface area contributed by atoms with Crippen molar-refractivity contribution in [2.45, 2.75) is 32.5 Å². The molecule has 0 atom stereocenters. The standard InChI is InChI=1S/C13H18O2/c1-10(2)11-5-4-6-12(9-11)13(3)14-7-8-15-13/h4-6,9-10H,7-8H2,1-3H3. The molecule has 0 aliphatic carbocycles. The molecule has 1 fully saturated rings. The first-order chi connectivity index (χ1) is 7.12. The molecule has 0 N–H and O–H groups in total. The minimum atomic E-state index is -0.537. The summed E-state index contributed by atoms with van der Waals surface area (Å²) >= 11 is 0. The molecule has 1 aromatic carbocycles. The fourth-order valence-corrected chi connectivity index (χ4v) is 1.86. The van der Waals surface area contributed by atoms with Crippen LogP contribution < -0.4 is 0 Å². The van der Waals surface area contributed by atoms with Crippen LogP contribution in [0.15, 0.2) is 24.3 Å². The summed E-state index contributed by atoms with van der Waals surface area (Å²) in [5.41, 5.74) is 2.44. The molecule has 1 aliphatic rings. The van der Waals surface area contributed by atoms with E-state index in [4.69, 9.17) is 9.47 Å². The van der Waals surface area contributed by atoms with Gasteiger partial charge in [-0.05, 0) is 18.4 Å². The molecule has 2 rings (SSSR count). The van der Waals surface area contributed by atoms with Crippen molar-refractivity contribution in [2.75, 3.05) is 13.2 Å². The highest BCUT2D eigenvalue weighted by Gasteiger charge is 2.33. The Morgan fingerprint density at radius 2 is 1.87 bits per heavy atom. The number of benzene rings is 1. The van der Waals surface area contributed by atoms with E-state index < -0.39 is 5.79 Å². The summed E-state index contributed by atoms with van der Waals surface area (Å²) in [7, 11) is 0. The molecule has 1 heterocycles. The van der Waals surface area contributed by atoms with E-state index in [0.717, 1.165) is 5.56 Å². The van der Waals surface area contributed by atoms with E-state index in [-0.39, 0.29) is 0 Å². The van der Waals surface area contributed by atoms with Crippen LogP contribution in [-0.4, -0.2) is 13.2 Å². The van der Waals surface area contributed by atoms with Gasteiger partial charge < -0.3 is 9.47 Å². The molecule has 1 aliphatic heterocycles. The molecule has 1 saturated heterocycles.